The van der Waals surface area contributed by atoms with Crippen LogP contribution in [-0.2, 0) is 0 Å². The fraction of sp³-hybridized carbons (Fsp3) is 0.333. The predicted octanol–water partition coefficient (Wildman–Crippen LogP) is 2.27. The monoisotopic (exact) mass is 280 g/mol. The fourth-order valence-electron chi connectivity index (χ4n) is 1.97. The van der Waals surface area contributed by atoms with Crippen LogP contribution in [-0.4, -0.2) is 36.1 Å². The Bertz CT molecular complexity index is 536. The lowest BCUT2D eigenvalue weighted by molar-refractivity contribution is 0.585. The van der Waals surface area contributed by atoms with E-state index in [1.807, 2.05) is 24.4 Å². The Balaban J connectivity index is 1.88. The Morgan fingerprint density at radius 1 is 1.22 bits per heavy atom. The minimum absolute atomic E-state index is 0.753. The first-order valence-electron chi connectivity index (χ1n) is 5.87. The van der Waals surface area contributed by atoms with Crippen LogP contribution >= 0.6 is 22.9 Å². The number of hydrogen-bond donors (Lipinski definition) is 1. The first-order chi connectivity index (χ1) is 8.83. The topological polar surface area (TPSA) is 41.1 Å². The van der Waals surface area contributed by atoms with Gasteiger partial charge in [-0.1, -0.05) is 11.6 Å². The molecule has 6 heteroatoms. The van der Waals surface area contributed by atoms with Crippen LogP contribution in [0.5, 0.6) is 0 Å². The van der Waals surface area contributed by atoms with Crippen molar-refractivity contribution in [2.75, 3.05) is 31.1 Å². The summed E-state index contributed by atoms with van der Waals surface area (Å²) in [4.78, 5) is 12.2. The summed E-state index contributed by atoms with van der Waals surface area (Å²) in [6.45, 7) is 3.98. The minimum atomic E-state index is 0.753. The van der Waals surface area contributed by atoms with Gasteiger partial charge in [0.25, 0.3) is 0 Å². The molecule has 1 aliphatic heterocycles. The number of rotatable bonds is 2. The molecule has 0 atom stereocenters. The van der Waals surface area contributed by atoms with Crippen LogP contribution < -0.4 is 10.2 Å². The van der Waals surface area contributed by atoms with Gasteiger partial charge in [0.05, 0.1) is 9.21 Å². The van der Waals surface area contributed by atoms with Gasteiger partial charge in [-0.05, 0) is 18.2 Å². The van der Waals surface area contributed by atoms with E-state index in [4.69, 9.17) is 11.6 Å². The zero-order chi connectivity index (χ0) is 12.4. The van der Waals surface area contributed by atoms with Crippen LogP contribution in [0.15, 0.2) is 24.4 Å². The smallest absolute Gasteiger partial charge is 0.171 e. The summed E-state index contributed by atoms with van der Waals surface area (Å²) in [6, 6.07) is 5.80. The van der Waals surface area contributed by atoms with E-state index in [1.165, 1.54) is 11.3 Å². The van der Waals surface area contributed by atoms with E-state index in [0.29, 0.717) is 0 Å². The van der Waals surface area contributed by atoms with E-state index in [-0.39, 0.29) is 0 Å². The third kappa shape index (κ3) is 2.48. The first-order valence-corrected chi connectivity index (χ1v) is 7.07. The maximum absolute atomic E-state index is 5.94. The van der Waals surface area contributed by atoms with E-state index < -0.39 is 0 Å². The van der Waals surface area contributed by atoms with Crippen molar-refractivity contribution in [1.29, 1.82) is 0 Å². The van der Waals surface area contributed by atoms with Crippen molar-refractivity contribution in [2.45, 2.75) is 0 Å². The van der Waals surface area contributed by atoms with Crippen LogP contribution in [0.25, 0.3) is 10.7 Å². The molecular formula is C12H13ClN4S. The summed E-state index contributed by atoms with van der Waals surface area (Å²) in [5.41, 5.74) is 0. The van der Waals surface area contributed by atoms with Crippen LogP contribution in [0.1, 0.15) is 0 Å². The van der Waals surface area contributed by atoms with Crippen LogP contribution in [0.2, 0.25) is 4.34 Å². The Kier molecular flexibility index (Phi) is 3.45. The average molecular weight is 281 g/mol. The maximum atomic E-state index is 5.94. The second-order valence-corrected chi connectivity index (χ2v) is 5.79. The van der Waals surface area contributed by atoms with Gasteiger partial charge in [0.1, 0.15) is 5.82 Å². The van der Waals surface area contributed by atoms with E-state index in [0.717, 1.165) is 47.0 Å². The Morgan fingerprint density at radius 3 is 2.78 bits per heavy atom. The third-order valence-electron chi connectivity index (χ3n) is 2.88. The SMILES string of the molecule is Clc1ccc(-c2nccc(N3CCNCC3)n2)s1. The molecule has 0 bridgehead atoms. The lowest BCUT2D eigenvalue weighted by Gasteiger charge is -2.28. The molecule has 18 heavy (non-hydrogen) atoms. The van der Waals surface area contributed by atoms with Gasteiger partial charge in [-0.25, -0.2) is 9.97 Å². The second kappa shape index (κ2) is 5.22. The number of nitrogens with one attached hydrogen (secondary N) is 1. The number of halogens is 1. The highest BCUT2D eigenvalue weighted by atomic mass is 35.5. The summed E-state index contributed by atoms with van der Waals surface area (Å²) in [7, 11) is 0. The average Bonchev–Trinajstić information content (AvgIpc) is 2.87. The molecule has 3 heterocycles. The number of thiophene rings is 1. The van der Waals surface area contributed by atoms with Crippen molar-refractivity contribution in [3.8, 4) is 10.7 Å². The lowest BCUT2D eigenvalue weighted by atomic mass is 10.3. The molecule has 2 aromatic heterocycles. The Labute approximate surface area is 115 Å². The summed E-state index contributed by atoms with van der Waals surface area (Å²) >= 11 is 7.45. The summed E-state index contributed by atoms with van der Waals surface area (Å²) in [6.07, 6.45) is 1.81. The predicted molar refractivity (Wildman–Crippen MR) is 75.4 cm³/mol. The Morgan fingerprint density at radius 2 is 2.06 bits per heavy atom. The van der Waals surface area contributed by atoms with Gasteiger partial charge in [0, 0.05) is 32.4 Å². The van der Waals surface area contributed by atoms with Crippen molar-refractivity contribution in [2.24, 2.45) is 0 Å². The van der Waals surface area contributed by atoms with Crippen molar-refractivity contribution < 1.29 is 0 Å². The normalized spacial score (nSPS) is 15.9. The molecule has 1 N–H and O–H groups in total. The highest BCUT2D eigenvalue weighted by Gasteiger charge is 2.13. The number of aromatic nitrogens is 2. The van der Waals surface area contributed by atoms with Gasteiger partial charge in [-0.2, -0.15) is 0 Å². The van der Waals surface area contributed by atoms with Gasteiger partial charge < -0.3 is 10.2 Å². The van der Waals surface area contributed by atoms with Gasteiger partial charge in [-0.3, -0.25) is 0 Å². The van der Waals surface area contributed by atoms with Crippen molar-refractivity contribution in [3.63, 3.8) is 0 Å². The molecular weight excluding hydrogens is 268 g/mol. The minimum Gasteiger partial charge on any atom is -0.354 e. The van der Waals surface area contributed by atoms with Crippen molar-refractivity contribution in [3.05, 3.63) is 28.7 Å². The van der Waals surface area contributed by atoms with Gasteiger partial charge in [-0.15, -0.1) is 11.3 Å². The van der Waals surface area contributed by atoms with Crippen LogP contribution in [0.3, 0.4) is 0 Å². The van der Waals surface area contributed by atoms with E-state index in [1.54, 1.807) is 0 Å². The van der Waals surface area contributed by atoms with E-state index in [9.17, 15) is 0 Å². The molecule has 0 aromatic carbocycles. The van der Waals surface area contributed by atoms with Crippen molar-refractivity contribution in [1.82, 2.24) is 15.3 Å². The highest BCUT2D eigenvalue weighted by Crippen LogP contribution is 2.29. The molecule has 1 aliphatic rings. The summed E-state index contributed by atoms with van der Waals surface area (Å²) < 4.78 is 0.765. The molecule has 4 nitrogen and oxygen atoms in total. The molecule has 2 aromatic rings. The Hall–Kier alpha value is -1.17. The van der Waals surface area contributed by atoms with Crippen molar-refractivity contribution >= 4 is 28.8 Å². The molecule has 0 spiro atoms. The molecule has 0 saturated carbocycles. The first kappa shape index (κ1) is 11.9. The quantitative estimate of drug-likeness (QED) is 0.916. The molecule has 0 amide bonds. The number of nitrogens with zero attached hydrogens (tertiary/aromatic N) is 3. The third-order valence-corrected chi connectivity index (χ3v) is 4.10. The number of hydrogen-bond acceptors (Lipinski definition) is 5. The highest BCUT2D eigenvalue weighted by molar-refractivity contribution is 7.19. The van der Waals surface area contributed by atoms with Gasteiger partial charge >= 0.3 is 0 Å². The standard InChI is InChI=1S/C12H13ClN4S/c13-10-2-1-9(18-10)12-15-4-3-11(16-12)17-7-5-14-6-8-17/h1-4,14H,5-8H2. The zero-order valence-corrected chi connectivity index (χ0v) is 11.3. The zero-order valence-electron chi connectivity index (χ0n) is 9.77. The number of piperazine rings is 1. The summed E-state index contributed by atoms with van der Waals surface area (Å²) in [5.74, 6) is 1.74. The molecule has 1 saturated heterocycles. The van der Waals surface area contributed by atoms with Crippen LogP contribution in [0, 0.1) is 0 Å². The number of anilines is 1. The lowest BCUT2D eigenvalue weighted by Crippen LogP contribution is -2.43. The summed E-state index contributed by atoms with van der Waals surface area (Å²) in [5, 5.41) is 3.33. The van der Waals surface area contributed by atoms with E-state index >= 15 is 0 Å². The molecule has 94 valence electrons. The molecule has 0 aliphatic carbocycles. The maximum Gasteiger partial charge on any atom is 0.171 e. The second-order valence-electron chi connectivity index (χ2n) is 4.08. The largest absolute Gasteiger partial charge is 0.354 e. The van der Waals surface area contributed by atoms with Gasteiger partial charge in [0.15, 0.2) is 5.82 Å². The van der Waals surface area contributed by atoms with Crippen LogP contribution in [0.4, 0.5) is 5.82 Å². The van der Waals surface area contributed by atoms with Gasteiger partial charge in [0.2, 0.25) is 0 Å². The molecule has 0 unspecified atom stereocenters. The molecule has 0 radical (unpaired) electrons. The molecule has 1 fully saturated rings. The van der Waals surface area contributed by atoms with E-state index in [2.05, 4.69) is 20.2 Å². The molecule has 3 rings (SSSR count). The fourth-order valence-corrected chi connectivity index (χ4v) is 2.96.